The van der Waals surface area contributed by atoms with E-state index in [0.29, 0.717) is 64.9 Å². The lowest BCUT2D eigenvalue weighted by atomic mass is 9.93. The average Bonchev–Trinajstić information content (AvgIpc) is 3.20. The number of methoxy groups -OCH3 is 2. The summed E-state index contributed by atoms with van der Waals surface area (Å²) in [6, 6.07) is 7.73. The molecule has 1 aliphatic heterocycles. The molecule has 4 rings (SSSR count). The molecule has 1 aromatic heterocycles. The topological polar surface area (TPSA) is 93.4 Å². The second-order valence-corrected chi connectivity index (χ2v) is 11.1. The first-order valence-electron chi connectivity index (χ1n) is 11.9. The van der Waals surface area contributed by atoms with E-state index in [0.717, 1.165) is 0 Å². The molecular formula is C27H27ClIN3O5S. The number of carbonyl (C=O) groups excluding carboxylic acids is 1. The van der Waals surface area contributed by atoms with E-state index in [9.17, 15) is 14.7 Å². The highest BCUT2D eigenvalue weighted by Crippen LogP contribution is 2.38. The van der Waals surface area contributed by atoms with Gasteiger partial charge in [-0.15, -0.1) is 0 Å². The van der Waals surface area contributed by atoms with Crippen molar-refractivity contribution in [3.05, 3.63) is 81.0 Å². The summed E-state index contributed by atoms with van der Waals surface area (Å²) in [4.78, 5) is 34.6. The summed E-state index contributed by atoms with van der Waals surface area (Å²) in [5.74, 6) is 0.889. The largest absolute Gasteiger partial charge is 0.506 e. The molecule has 38 heavy (non-hydrogen) atoms. The lowest BCUT2D eigenvalue weighted by molar-refractivity contribution is -0.127. The standard InChI is InChI=1S/C27H27ClIN3O5S/c1-6-31(7-2)26(35)22-14(3)30-27-32(23(22)18-13-17(36-4)8-9-20(18)37-5)25(34)21(38-27)11-15-10-16(28)12-19(29)24(15)33/h8-13,23,33H,6-7H2,1-5H3/b21-11+/t23-/m0/s1. The summed E-state index contributed by atoms with van der Waals surface area (Å²) in [5.41, 5.74) is 1.57. The van der Waals surface area contributed by atoms with Crippen molar-refractivity contribution in [2.75, 3.05) is 27.3 Å². The molecule has 2 aromatic carbocycles. The summed E-state index contributed by atoms with van der Waals surface area (Å²) in [6.07, 6.45) is 1.60. The van der Waals surface area contributed by atoms with Crippen molar-refractivity contribution in [2.45, 2.75) is 26.8 Å². The third-order valence-electron chi connectivity index (χ3n) is 6.38. The molecule has 11 heteroatoms. The van der Waals surface area contributed by atoms with Crippen molar-refractivity contribution in [3.63, 3.8) is 0 Å². The number of carbonyl (C=O) groups is 1. The highest BCUT2D eigenvalue weighted by atomic mass is 127. The Kier molecular flexibility index (Phi) is 8.53. The summed E-state index contributed by atoms with van der Waals surface area (Å²) < 4.78 is 13.6. The smallest absolute Gasteiger partial charge is 0.271 e. The summed E-state index contributed by atoms with van der Waals surface area (Å²) in [7, 11) is 3.10. The molecule has 200 valence electrons. The number of fused-ring (bicyclic) bond motifs is 1. The summed E-state index contributed by atoms with van der Waals surface area (Å²) in [6.45, 7) is 6.61. The molecule has 1 atom stereocenters. The highest BCUT2D eigenvalue weighted by molar-refractivity contribution is 14.1. The zero-order valence-electron chi connectivity index (χ0n) is 21.5. The zero-order valence-corrected chi connectivity index (χ0v) is 25.3. The number of rotatable bonds is 7. The van der Waals surface area contributed by atoms with E-state index in [4.69, 9.17) is 21.1 Å². The number of phenolic OH excluding ortho intramolecular Hbond substituents is 1. The van der Waals surface area contributed by atoms with Gasteiger partial charge in [0.2, 0.25) is 0 Å². The minimum Gasteiger partial charge on any atom is -0.506 e. The maximum Gasteiger partial charge on any atom is 0.271 e. The Balaban J connectivity index is 2.05. The summed E-state index contributed by atoms with van der Waals surface area (Å²) >= 11 is 9.38. The Morgan fingerprint density at radius 2 is 1.95 bits per heavy atom. The lowest BCUT2D eigenvalue weighted by Crippen LogP contribution is -2.43. The molecule has 0 aliphatic carbocycles. The molecule has 1 aliphatic rings. The number of benzene rings is 2. The first kappa shape index (κ1) is 28.2. The second-order valence-electron chi connectivity index (χ2n) is 8.49. The Morgan fingerprint density at radius 3 is 2.58 bits per heavy atom. The molecule has 0 bridgehead atoms. The fraction of sp³-hybridized carbons (Fsp3) is 0.296. The first-order valence-corrected chi connectivity index (χ1v) is 14.1. The van der Waals surface area contributed by atoms with Crippen LogP contribution in [0.25, 0.3) is 6.08 Å². The molecule has 1 N–H and O–H groups in total. The third kappa shape index (κ3) is 5.08. The van der Waals surface area contributed by atoms with Crippen molar-refractivity contribution in [1.29, 1.82) is 0 Å². The predicted octanol–water partition coefficient (Wildman–Crippen LogP) is 4.08. The van der Waals surface area contributed by atoms with E-state index in [1.54, 1.807) is 62.5 Å². The summed E-state index contributed by atoms with van der Waals surface area (Å²) in [5, 5.41) is 11.0. The minimum atomic E-state index is -0.806. The fourth-order valence-electron chi connectivity index (χ4n) is 4.46. The molecule has 2 heterocycles. The molecule has 3 aromatic rings. The number of phenols is 1. The molecule has 0 spiro atoms. The highest BCUT2D eigenvalue weighted by Gasteiger charge is 2.36. The van der Waals surface area contributed by atoms with Crippen LogP contribution >= 0.6 is 45.5 Å². The number of aromatic hydroxyl groups is 1. The van der Waals surface area contributed by atoms with E-state index in [-0.39, 0.29) is 17.2 Å². The molecule has 0 fully saturated rings. The van der Waals surface area contributed by atoms with Crippen molar-refractivity contribution in [2.24, 2.45) is 4.99 Å². The van der Waals surface area contributed by atoms with Crippen molar-refractivity contribution in [3.8, 4) is 17.2 Å². The van der Waals surface area contributed by atoms with Gasteiger partial charge in [0, 0.05) is 29.2 Å². The minimum absolute atomic E-state index is 0.0282. The number of thiazole rings is 1. The van der Waals surface area contributed by atoms with Crippen molar-refractivity contribution < 1.29 is 19.4 Å². The van der Waals surface area contributed by atoms with Gasteiger partial charge in [-0.2, -0.15) is 0 Å². The van der Waals surface area contributed by atoms with Crippen LogP contribution in [0.1, 0.15) is 37.9 Å². The SMILES string of the molecule is CCN(CC)C(=O)C1=C(C)N=c2s/c(=C/c3cc(Cl)cc(I)c3O)c(=O)n2[C@H]1c1cc(OC)ccc1OC. The maximum absolute atomic E-state index is 14.0. The zero-order chi connectivity index (χ0) is 27.7. The Morgan fingerprint density at radius 1 is 1.24 bits per heavy atom. The average molecular weight is 668 g/mol. The molecular weight excluding hydrogens is 641 g/mol. The van der Waals surface area contributed by atoms with Gasteiger partial charge in [-0.3, -0.25) is 14.2 Å². The number of amides is 1. The van der Waals surface area contributed by atoms with E-state index >= 15 is 0 Å². The van der Waals surface area contributed by atoms with Gasteiger partial charge in [0.25, 0.3) is 11.5 Å². The van der Waals surface area contributed by atoms with E-state index in [1.807, 2.05) is 36.4 Å². The van der Waals surface area contributed by atoms with Gasteiger partial charge in [0.15, 0.2) is 4.80 Å². The Bertz CT molecular complexity index is 1620. The molecule has 0 saturated heterocycles. The second kappa shape index (κ2) is 11.5. The number of aromatic nitrogens is 1. The van der Waals surface area contributed by atoms with Crippen LogP contribution < -0.4 is 24.4 Å². The van der Waals surface area contributed by atoms with Gasteiger partial charge in [-0.25, -0.2) is 4.99 Å². The van der Waals surface area contributed by atoms with E-state index < -0.39 is 6.04 Å². The van der Waals surface area contributed by atoms with Crippen LogP contribution in [0, 0.1) is 3.57 Å². The van der Waals surface area contributed by atoms with Crippen molar-refractivity contribution in [1.82, 2.24) is 9.47 Å². The fourth-order valence-corrected chi connectivity index (χ4v) is 6.56. The molecule has 0 radical (unpaired) electrons. The number of allylic oxidation sites excluding steroid dienone is 1. The number of ether oxygens (including phenoxy) is 2. The van der Waals surface area contributed by atoms with Crippen LogP contribution in [0.4, 0.5) is 0 Å². The van der Waals surface area contributed by atoms with E-state index in [1.165, 1.54) is 15.9 Å². The number of likely N-dealkylation sites (N-methyl/N-ethyl adjacent to an activating group) is 1. The van der Waals surface area contributed by atoms with E-state index in [2.05, 4.69) is 4.99 Å². The van der Waals surface area contributed by atoms with Gasteiger partial charge in [-0.1, -0.05) is 22.9 Å². The number of hydrogen-bond donors (Lipinski definition) is 1. The van der Waals surface area contributed by atoms with Gasteiger partial charge in [0.1, 0.15) is 23.3 Å². The number of hydrogen-bond acceptors (Lipinski definition) is 7. The maximum atomic E-state index is 14.0. The molecule has 8 nitrogen and oxygen atoms in total. The normalized spacial score (nSPS) is 15.2. The van der Waals surface area contributed by atoms with Gasteiger partial charge in [0.05, 0.1) is 33.6 Å². The first-order chi connectivity index (χ1) is 18.1. The van der Waals surface area contributed by atoms with Gasteiger partial charge < -0.3 is 19.5 Å². The molecule has 1 amide bonds. The van der Waals surface area contributed by atoms with Crippen LogP contribution in [0.2, 0.25) is 5.02 Å². The van der Waals surface area contributed by atoms with Crippen LogP contribution in [-0.2, 0) is 4.79 Å². The van der Waals surface area contributed by atoms with Crippen LogP contribution in [0.5, 0.6) is 17.2 Å². The van der Waals surface area contributed by atoms with Crippen LogP contribution in [-0.4, -0.2) is 47.8 Å². The Labute approximate surface area is 242 Å². The number of halogens is 2. The van der Waals surface area contributed by atoms with Gasteiger partial charge in [-0.05, 0) is 79.8 Å². The van der Waals surface area contributed by atoms with Crippen molar-refractivity contribution >= 4 is 57.5 Å². The van der Waals surface area contributed by atoms with Crippen LogP contribution in [0.3, 0.4) is 0 Å². The molecule has 0 saturated carbocycles. The monoisotopic (exact) mass is 667 g/mol. The lowest BCUT2D eigenvalue weighted by Gasteiger charge is -2.30. The quantitative estimate of drug-likeness (QED) is 0.384. The van der Waals surface area contributed by atoms with Crippen LogP contribution in [0.15, 0.2) is 51.4 Å². The number of nitrogens with zero attached hydrogens (tertiary/aromatic N) is 3. The predicted molar refractivity (Wildman–Crippen MR) is 157 cm³/mol. The third-order valence-corrected chi connectivity index (χ3v) is 8.40. The Hall–Kier alpha value is -2.83. The molecule has 0 unspecified atom stereocenters. The van der Waals surface area contributed by atoms with Gasteiger partial charge >= 0.3 is 0 Å².